The van der Waals surface area contributed by atoms with E-state index in [1.807, 2.05) is 38.1 Å². The molecule has 1 aromatic heterocycles. The van der Waals surface area contributed by atoms with E-state index < -0.39 is 5.91 Å². The standard InChI is InChI=1S/C17H23N3O3/c1-4-13-7-5-6-8-14(13)20-9-15(22)16(19-20)17(23)18-12(3)11(2)10-21/h5-9,11-12,21-22H,4,10H2,1-3H3,(H,18,23). The predicted molar refractivity (Wildman–Crippen MR) is 87.8 cm³/mol. The number of hydrogen-bond donors (Lipinski definition) is 3. The topological polar surface area (TPSA) is 87.4 Å². The summed E-state index contributed by atoms with van der Waals surface area (Å²) in [7, 11) is 0. The van der Waals surface area contributed by atoms with Gasteiger partial charge in [-0.2, -0.15) is 5.10 Å². The molecule has 0 spiro atoms. The first kappa shape index (κ1) is 17.0. The zero-order valence-electron chi connectivity index (χ0n) is 13.7. The van der Waals surface area contributed by atoms with Crippen LogP contribution in [0.4, 0.5) is 0 Å². The van der Waals surface area contributed by atoms with Gasteiger partial charge in [-0.05, 0) is 30.9 Å². The van der Waals surface area contributed by atoms with Crippen LogP contribution in [-0.2, 0) is 6.42 Å². The lowest BCUT2D eigenvalue weighted by atomic mass is 10.1. The fourth-order valence-electron chi connectivity index (χ4n) is 2.26. The lowest BCUT2D eigenvalue weighted by molar-refractivity contribution is 0.0908. The van der Waals surface area contributed by atoms with Crippen molar-refractivity contribution in [2.24, 2.45) is 5.92 Å². The number of aromatic hydroxyl groups is 1. The van der Waals surface area contributed by atoms with Crippen LogP contribution in [-0.4, -0.2) is 38.5 Å². The van der Waals surface area contributed by atoms with Crippen molar-refractivity contribution < 1.29 is 15.0 Å². The monoisotopic (exact) mass is 317 g/mol. The molecule has 0 radical (unpaired) electrons. The van der Waals surface area contributed by atoms with Crippen molar-refractivity contribution in [3.05, 3.63) is 41.7 Å². The molecule has 1 aromatic carbocycles. The summed E-state index contributed by atoms with van der Waals surface area (Å²) >= 11 is 0. The highest BCUT2D eigenvalue weighted by Crippen LogP contribution is 2.21. The second-order valence-corrected chi connectivity index (χ2v) is 5.71. The van der Waals surface area contributed by atoms with E-state index >= 15 is 0 Å². The van der Waals surface area contributed by atoms with Crippen molar-refractivity contribution in [1.82, 2.24) is 15.1 Å². The molecular formula is C17H23N3O3. The van der Waals surface area contributed by atoms with Crippen LogP contribution in [0, 0.1) is 5.92 Å². The second-order valence-electron chi connectivity index (χ2n) is 5.71. The van der Waals surface area contributed by atoms with E-state index in [0.29, 0.717) is 0 Å². The number of aliphatic hydroxyl groups excluding tert-OH is 1. The van der Waals surface area contributed by atoms with Crippen molar-refractivity contribution in [1.29, 1.82) is 0 Å². The number of nitrogens with zero attached hydrogens (tertiary/aromatic N) is 2. The minimum atomic E-state index is -0.456. The summed E-state index contributed by atoms with van der Waals surface area (Å²) in [6.07, 6.45) is 2.26. The summed E-state index contributed by atoms with van der Waals surface area (Å²) in [6, 6.07) is 7.48. The summed E-state index contributed by atoms with van der Waals surface area (Å²) in [4.78, 5) is 12.3. The first-order valence-electron chi connectivity index (χ1n) is 7.76. The van der Waals surface area contributed by atoms with E-state index in [4.69, 9.17) is 5.11 Å². The van der Waals surface area contributed by atoms with Crippen LogP contribution < -0.4 is 5.32 Å². The number of para-hydroxylation sites is 1. The van der Waals surface area contributed by atoms with Crippen LogP contribution >= 0.6 is 0 Å². The molecule has 0 saturated carbocycles. The summed E-state index contributed by atoms with van der Waals surface area (Å²) in [5.74, 6) is -0.704. The fraction of sp³-hybridized carbons (Fsp3) is 0.412. The van der Waals surface area contributed by atoms with Crippen LogP contribution in [0.5, 0.6) is 5.75 Å². The summed E-state index contributed by atoms with van der Waals surface area (Å²) < 4.78 is 1.52. The minimum Gasteiger partial charge on any atom is -0.504 e. The van der Waals surface area contributed by atoms with E-state index in [2.05, 4.69) is 10.4 Å². The average molecular weight is 317 g/mol. The van der Waals surface area contributed by atoms with Gasteiger partial charge in [0.1, 0.15) is 0 Å². The van der Waals surface area contributed by atoms with Crippen LogP contribution in [0.1, 0.15) is 36.8 Å². The number of hydrogen-bond acceptors (Lipinski definition) is 4. The zero-order chi connectivity index (χ0) is 17.0. The number of carbonyl (C=O) groups excluding carboxylic acids is 1. The number of nitrogens with one attached hydrogen (secondary N) is 1. The predicted octanol–water partition coefficient (Wildman–Crippen LogP) is 1.89. The molecule has 0 aliphatic carbocycles. The normalized spacial score (nSPS) is 13.6. The summed E-state index contributed by atoms with van der Waals surface area (Å²) in [6.45, 7) is 5.65. The van der Waals surface area contributed by atoms with Gasteiger partial charge in [0.2, 0.25) is 0 Å². The molecule has 2 aromatic rings. The Hall–Kier alpha value is -2.34. The Bertz CT molecular complexity index is 681. The van der Waals surface area contributed by atoms with Gasteiger partial charge in [0.15, 0.2) is 11.4 Å². The Labute approximate surface area is 135 Å². The Morgan fingerprint density at radius 1 is 1.35 bits per heavy atom. The molecule has 3 N–H and O–H groups in total. The molecule has 6 nitrogen and oxygen atoms in total. The van der Waals surface area contributed by atoms with E-state index in [9.17, 15) is 9.90 Å². The zero-order valence-corrected chi connectivity index (χ0v) is 13.7. The van der Waals surface area contributed by atoms with E-state index in [-0.39, 0.29) is 30.0 Å². The number of carbonyl (C=O) groups is 1. The maximum absolute atomic E-state index is 12.3. The number of aryl methyl sites for hydroxylation is 1. The van der Waals surface area contributed by atoms with Crippen molar-refractivity contribution >= 4 is 5.91 Å². The summed E-state index contributed by atoms with van der Waals surface area (Å²) in [5.41, 5.74) is 1.89. The number of aliphatic hydroxyl groups is 1. The second kappa shape index (κ2) is 7.28. The van der Waals surface area contributed by atoms with Gasteiger partial charge in [-0.15, -0.1) is 0 Å². The molecule has 0 aliphatic heterocycles. The van der Waals surface area contributed by atoms with Gasteiger partial charge < -0.3 is 15.5 Å². The van der Waals surface area contributed by atoms with Gasteiger partial charge in [0.05, 0.1) is 11.9 Å². The smallest absolute Gasteiger partial charge is 0.275 e. The highest BCUT2D eigenvalue weighted by Gasteiger charge is 2.21. The highest BCUT2D eigenvalue weighted by molar-refractivity contribution is 5.95. The van der Waals surface area contributed by atoms with Gasteiger partial charge in [0.25, 0.3) is 5.91 Å². The van der Waals surface area contributed by atoms with E-state index in [1.54, 1.807) is 6.92 Å². The summed E-state index contributed by atoms with van der Waals surface area (Å²) in [5, 5.41) is 26.1. The van der Waals surface area contributed by atoms with Gasteiger partial charge in [0, 0.05) is 12.6 Å². The van der Waals surface area contributed by atoms with Crippen LogP contribution in [0.15, 0.2) is 30.5 Å². The molecule has 1 amide bonds. The quantitative estimate of drug-likeness (QED) is 0.759. The third kappa shape index (κ3) is 3.71. The van der Waals surface area contributed by atoms with Gasteiger partial charge in [-0.3, -0.25) is 4.79 Å². The van der Waals surface area contributed by atoms with E-state index in [0.717, 1.165) is 17.7 Å². The molecule has 2 atom stereocenters. The molecule has 0 fully saturated rings. The van der Waals surface area contributed by atoms with Crippen LogP contribution in [0.25, 0.3) is 5.69 Å². The number of amides is 1. The number of rotatable bonds is 6. The van der Waals surface area contributed by atoms with E-state index in [1.165, 1.54) is 10.9 Å². The minimum absolute atomic E-state index is 0.0205. The first-order chi connectivity index (χ1) is 11.0. The molecule has 23 heavy (non-hydrogen) atoms. The van der Waals surface area contributed by atoms with Crippen molar-refractivity contribution in [3.63, 3.8) is 0 Å². The Morgan fingerprint density at radius 3 is 2.70 bits per heavy atom. The SMILES string of the molecule is CCc1ccccc1-n1cc(O)c(C(=O)NC(C)C(C)CO)n1. The van der Waals surface area contributed by atoms with Crippen molar-refractivity contribution in [3.8, 4) is 11.4 Å². The largest absolute Gasteiger partial charge is 0.504 e. The highest BCUT2D eigenvalue weighted by atomic mass is 16.3. The van der Waals surface area contributed by atoms with Gasteiger partial charge >= 0.3 is 0 Å². The molecule has 2 rings (SSSR count). The third-order valence-corrected chi connectivity index (χ3v) is 4.03. The van der Waals surface area contributed by atoms with Crippen LogP contribution in [0.2, 0.25) is 0 Å². The molecule has 0 aliphatic rings. The molecule has 1 heterocycles. The van der Waals surface area contributed by atoms with Gasteiger partial charge in [-0.25, -0.2) is 4.68 Å². The first-order valence-corrected chi connectivity index (χ1v) is 7.76. The molecule has 0 saturated heterocycles. The molecule has 124 valence electrons. The number of aromatic nitrogens is 2. The van der Waals surface area contributed by atoms with Gasteiger partial charge in [-0.1, -0.05) is 32.0 Å². The molecule has 0 bridgehead atoms. The Balaban J connectivity index is 2.26. The molecule has 6 heteroatoms. The molecular weight excluding hydrogens is 294 g/mol. The maximum atomic E-state index is 12.3. The van der Waals surface area contributed by atoms with Crippen molar-refractivity contribution in [2.75, 3.05) is 6.61 Å². The Morgan fingerprint density at radius 2 is 2.04 bits per heavy atom. The lowest BCUT2D eigenvalue weighted by Gasteiger charge is -2.18. The van der Waals surface area contributed by atoms with Crippen molar-refractivity contribution in [2.45, 2.75) is 33.2 Å². The molecule has 2 unspecified atom stereocenters. The van der Waals surface area contributed by atoms with Crippen LogP contribution in [0.3, 0.4) is 0 Å². The average Bonchev–Trinajstić information content (AvgIpc) is 2.95. The third-order valence-electron chi connectivity index (χ3n) is 4.03. The fourth-order valence-corrected chi connectivity index (χ4v) is 2.26. The lowest BCUT2D eigenvalue weighted by Crippen LogP contribution is -2.38. The number of benzene rings is 1. The Kier molecular flexibility index (Phi) is 5.39. The maximum Gasteiger partial charge on any atom is 0.275 e.